The maximum absolute atomic E-state index is 10.5. The van der Waals surface area contributed by atoms with Gasteiger partial charge < -0.3 is 4.43 Å². The van der Waals surface area contributed by atoms with Crippen molar-refractivity contribution in [3.8, 4) is 0 Å². The van der Waals surface area contributed by atoms with Crippen LogP contribution in [0.2, 0.25) is 19.6 Å². The molecule has 0 atom stereocenters. The summed E-state index contributed by atoms with van der Waals surface area (Å²) in [7, 11) is -1.55. The number of nitrogens with zero attached hydrogens (tertiary/aromatic N) is 1. The van der Waals surface area contributed by atoms with Crippen LogP contribution in [0.15, 0.2) is 24.3 Å². The maximum Gasteiger partial charge on any atom is 0.269 e. The zero-order valence-electron chi connectivity index (χ0n) is 9.19. The standard InChI is InChI=1S/C10H15NO3Si/c1-15(2,3)14-8-9-5-4-6-10(7-9)11(12)13/h4-7H,8H2,1-3H3. The summed E-state index contributed by atoms with van der Waals surface area (Å²) in [4.78, 5) is 10.1. The lowest BCUT2D eigenvalue weighted by Crippen LogP contribution is -2.24. The fourth-order valence-electron chi connectivity index (χ4n) is 1.06. The first kappa shape index (κ1) is 11.9. The molecule has 0 aliphatic carbocycles. The lowest BCUT2D eigenvalue weighted by molar-refractivity contribution is -0.384. The van der Waals surface area contributed by atoms with Crippen LogP contribution in [-0.4, -0.2) is 13.2 Å². The third-order valence-electron chi connectivity index (χ3n) is 1.79. The second kappa shape index (κ2) is 4.54. The van der Waals surface area contributed by atoms with Crippen molar-refractivity contribution in [1.29, 1.82) is 0 Å². The van der Waals surface area contributed by atoms with E-state index in [0.717, 1.165) is 5.56 Å². The van der Waals surface area contributed by atoms with Gasteiger partial charge in [-0.2, -0.15) is 0 Å². The lowest BCUT2D eigenvalue weighted by Gasteiger charge is -2.16. The molecular formula is C10H15NO3Si. The highest BCUT2D eigenvalue weighted by atomic mass is 28.4. The molecular weight excluding hydrogens is 210 g/mol. The summed E-state index contributed by atoms with van der Waals surface area (Å²) in [5.74, 6) is 0. The zero-order chi connectivity index (χ0) is 11.5. The molecule has 1 rings (SSSR count). The highest BCUT2D eigenvalue weighted by Gasteiger charge is 2.14. The van der Waals surface area contributed by atoms with E-state index in [2.05, 4.69) is 19.6 Å². The average molecular weight is 225 g/mol. The van der Waals surface area contributed by atoms with E-state index in [1.165, 1.54) is 6.07 Å². The molecule has 0 N–H and O–H groups in total. The average Bonchev–Trinajstić information content (AvgIpc) is 2.14. The number of hydrogen-bond donors (Lipinski definition) is 0. The molecule has 5 heteroatoms. The van der Waals surface area contributed by atoms with Gasteiger partial charge in [0.2, 0.25) is 0 Å². The van der Waals surface area contributed by atoms with E-state index in [0.29, 0.717) is 6.61 Å². The Labute approximate surface area is 90.2 Å². The Hall–Kier alpha value is -1.20. The van der Waals surface area contributed by atoms with Gasteiger partial charge in [-0.1, -0.05) is 12.1 Å². The molecule has 1 aromatic carbocycles. The van der Waals surface area contributed by atoms with E-state index in [9.17, 15) is 10.1 Å². The summed E-state index contributed by atoms with van der Waals surface area (Å²) in [6, 6.07) is 6.56. The monoisotopic (exact) mass is 225 g/mol. The molecule has 4 nitrogen and oxygen atoms in total. The molecule has 0 saturated carbocycles. The number of nitro groups is 1. The molecule has 1 aromatic rings. The lowest BCUT2D eigenvalue weighted by atomic mass is 10.2. The van der Waals surface area contributed by atoms with Gasteiger partial charge in [-0.15, -0.1) is 0 Å². The van der Waals surface area contributed by atoms with E-state index >= 15 is 0 Å². The minimum Gasteiger partial charge on any atom is -0.413 e. The van der Waals surface area contributed by atoms with E-state index < -0.39 is 13.2 Å². The van der Waals surface area contributed by atoms with E-state index in [4.69, 9.17) is 4.43 Å². The molecule has 0 aromatic heterocycles. The minimum absolute atomic E-state index is 0.117. The van der Waals surface area contributed by atoms with Crippen molar-refractivity contribution >= 4 is 14.0 Å². The first-order chi connectivity index (χ1) is 6.88. The number of hydrogen-bond acceptors (Lipinski definition) is 3. The van der Waals surface area contributed by atoms with Gasteiger partial charge in [0.25, 0.3) is 5.69 Å². The Morgan fingerprint density at radius 3 is 2.60 bits per heavy atom. The van der Waals surface area contributed by atoms with Gasteiger partial charge >= 0.3 is 0 Å². The fraction of sp³-hybridized carbons (Fsp3) is 0.400. The quantitative estimate of drug-likeness (QED) is 0.449. The van der Waals surface area contributed by atoms with Crippen molar-refractivity contribution in [2.24, 2.45) is 0 Å². The molecule has 0 aliphatic rings. The molecule has 0 bridgehead atoms. The molecule has 82 valence electrons. The first-order valence-corrected chi connectivity index (χ1v) is 8.16. The van der Waals surface area contributed by atoms with E-state index in [-0.39, 0.29) is 5.69 Å². The van der Waals surface area contributed by atoms with Crippen LogP contribution >= 0.6 is 0 Å². The Bertz CT molecular complexity index is 360. The van der Waals surface area contributed by atoms with Gasteiger partial charge in [-0.05, 0) is 25.2 Å². The van der Waals surface area contributed by atoms with Crippen molar-refractivity contribution < 1.29 is 9.35 Å². The second-order valence-electron chi connectivity index (χ2n) is 4.33. The van der Waals surface area contributed by atoms with Gasteiger partial charge in [0.1, 0.15) is 0 Å². The van der Waals surface area contributed by atoms with Crippen molar-refractivity contribution in [1.82, 2.24) is 0 Å². The molecule has 0 spiro atoms. The summed E-state index contributed by atoms with van der Waals surface area (Å²) >= 11 is 0. The summed E-state index contributed by atoms with van der Waals surface area (Å²) in [6.07, 6.45) is 0. The van der Waals surface area contributed by atoms with E-state index in [1.54, 1.807) is 12.1 Å². The Kier molecular flexibility index (Phi) is 3.60. The van der Waals surface area contributed by atoms with Gasteiger partial charge in [-0.3, -0.25) is 10.1 Å². The van der Waals surface area contributed by atoms with Crippen molar-refractivity contribution in [3.05, 3.63) is 39.9 Å². The van der Waals surface area contributed by atoms with Crippen LogP contribution < -0.4 is 0 Å². The molecule has 0 unspecified atom stereocenters. The zero-order valence-corrected chi connectivity index (χ0v) is 10.2. The summed E-state index contributed by atoms with van der Waals surface area (Å²) in [5.41, 5.74) is 0.971. The van der Waals surface area contributed by atoms with Gasteiger partial charge in [-0.25, -0.2) is 0 Å². The molecule has 0 fully saturated rings. The van der Waals surface area contributed by atoms with Crippen LogP contribution in [0.1, 0.15) is 5.56 Å². The first-order valence-electron chi connectivity index (χ1n) is 4.76. The Balaban J connectivity index is 2.70. The molecule has 0 aliphatic heterocycles. The number of nitro benzene ring substituents is 1. The van der Waals surface area contributed by atoms with Gasteiger partial charge in [0.05, 0.1) is 11.5 Å². The van der Waals surface area contributed by atoms with Crippen LogP contribution in [0.4, 0.5) is 5.69 Å². The predicted molar refractivity (Wildman–Crippen MR) is 61.2 cm³/mol. The van der Waals surface area contributed by atoms with Gasteiger partial charge in [0.15, 0.2) is 8.32 Å². The van der Waals surface area contributed by atoms with Gasteiger partial charge in [0, 0.05) is 12.1 Å². The van der Waals surface area contributed by atoms with Crippen LogP contribution in [-0.2, 0) is 11.0 Å². The van der Waals surface area contributed by atoms with Crippen molar-refractivity contribution in [3.63, 3.8) is 0 Å². The topological polar surface area (TPSA) is 52.4 Å². The van der Waals surface area contributed by atoms with E-state index in [1.807, 2.05) is 6.07 Å². The summed E-state index contributed by atoms with van der Waals surface area (Å²) in [6.45, 7) is 6.72. The fourth-order valence-corrected chi connectivity index (χ4v) is 1.66. The summed E-state index contributed by atoms with van der Waals surface area (Å²) in [5, 5.41) is 10.5. The molecule has 0 radical (unpaired) electrons. The number of benzene rings is 1. The van der Waals surface area contributed by atoms with Crippen LogP contribution in [0.25, 0.3) is 0 Å². The predicted octanol–water partition coefficient (Wildman–Crippen LogP) is 2.95. The van der Waals surface area contributed by atoms with Crippen molar-refractivity contribution in [2.75, 3.05) is 0 Å². The Morgan fingerprint density at radius 2 is 2.07 bits per heavy atom. The minimum atomic E-state index is -1.55. The molecule has 15 heavy (non-hydrogen) atoms. The highest BCUT2D eigenvalue weighted by Crippen LogP contribution is 2.15. The summed E-state index contributed by atoms with van der Waals surface area (Å²) < 4.78 is 5.67. The second-order valence-corrected chi connectivity index (χ2v) is 8.84. The van der Waals surface area contributed by atoms with Crippen molar-refractivity contribution in [2.45, 2.75) is 26.2 Å². The molecule has 0 amide bonds. The molecule has 0 heterocycles. The smallest absolute Gasteiger partial charge is 0.269 e. The maximum atomic E-state index is 10.5. The third kappa shape index (κ3) is 4.22. The van der Waals surface area contributed by atoms with Crippen LogP contribution in [0, 0.1) is 10.1 Å². The molecule has 0 saturated heterocycles. The number of rotatable bonds is 4. The highest BCUT2D eigenvalue weighted by molar-refractivity contribution is 6.69. The van der Waals surface area contributed by atoms with Crippen LogP contribution in [0.5, 0.6) is 0 Å². The Morgan fingerprint density at radius 1 is 1.40 bits per heavy atom. The largest absolute Gasteiger partial charge is 0.413 e. The number of non-ortho nitro benzene ring substituents is 1. The normalized spacial score (nSPS) is 11.4. The third-order valence-corrected chi connectivity index (χ3v) is 2.80. The SMILES string of the molecule is C[Si](C)(C)OCc1cccc([N+](=O)[O-])c1. The van der Waals surface area contributed by atoms with Crippen LogP contribution in [0.3, 0.4) is 0 Å².